The number of carbonyl (C=O) groups excluding carboxylic acids is 2. The Labute approximate surface area is 249 Å². The molecular weight excluding hydrogens is 559 g/mol. The van der Waals surface area contributed by atoms with Crippen molar-refractivity contribution in [1.29, 1.82) is 0 Å². The quantitative estimate of drug-likeness (QED) is 0.221. The molecule has 1 heterocycles. The molecule has 0 radical (unpaired) electrons. The maximum atomic E-state index is 13.0. The molecule has 0 atom stereocenters. The molecule has 1 fully saturated rings. The Morgan fingerprint density at radius 2 is 1.61 bits per heavy atom. The maximum Gasteiger partial charge on any atom is 0.255 e. The van der Waals surface area contributed by atoms with E-state index in [2.05, 4.69) is 16.0 Å². The van der Waals surface area contributed by atoms with Gasteiger partial charge in [0.1, 0.15) is 5.82 Å². The third kappa shape index (κ3) is 7.07. The van der Waals surface area contributed by atoms with Gasteiger partial charge in [0.15, 0.2) is 0 Å². The molecule has 10 heteroatoms. The molecule has 2 amide bonds. The number of rotatable bonds is 8. The number of aromatic nitrogens is 2. The summed E-state index contributed by atoms with van der Waals surface area (Å²) in [6.07, 6.45) is 3.57. The lowest BCUT2D eigenvalue weighted by Gasteiger charge is -2.30. The highest BCUT2D eigenvalue weighted by Crippen LogP contribution is 2.28. The number of anilines is 3. The highest BCUT2D eigenvalue weighted by Gasteiger charge is 2.24. The van der Waals surface area contributed by atoms with Crippen LogP contribution in [0.1, 0.15) is 41.6 Å². The molecule has 0 spiro atoms. The van der Waals surface area contributed by atoms with Crippen LogP contribution in [0.15, 0.2) is 66.7 Å². The Morgan fingerprint density at radius 3 is 2.37 bits per heavy atom. The molecule has 212 valence electrons. The largest absolute Gasteiger partial charge is 0.362 e. The lowest BCUT2D eigenvalue weighted by molar-refractivity contribution is -0.121. The first-order valence-corrected chi connectivity index (χ1v) is 14.4. The monoisotopic (exact) mass is 590 g/mol. The van der Waals surface area contributed by atoms with Crippen LogP contribution >= 0.6 is 23.2 Å². The molecule has 5 rings (SSSR count). The number of halogens is 2. The van der Waals surface area contributed by atoms with Crippen LogP contribution in [0.3, 0.4) is 0 Å². The van der Waals surface area contributed by atoms with Crippen LogP contribution in [0.25, 0.3) is 10.9 Å². The molecule has 41 heavy (non-hydrogen) atoms. The van der Waals surface area contributed by atoms with Gasteiger partial charge in [0.25, 0.3) is 5.91 Å². The molecule has 1 aliphatic carbocycles. The first-order valence-electron chi connectivity index (χ1n) is 13.6. The molecule has 0 unspecified atom stereocenters. The van der Waals surface area contributed by atoms with E-state index >= 15 is 0 Å². The molecule has 0 aliphatic heterocycles. The molecule has 0 saturated heterocycles. The molecule has 8 nitrogen and oxygen atoms in total. The average Bonchev–Trinajstić information content (AvgIpc) is 2.95. The summed E-state index contributed by atoms with van der Waals surface area (Å²) in [4.78, 5) is 37.5. The number of nitrogens with zero attached hydrogens (tertiary/aromatic N) is 3. The number of hydrogen-bond acceptors (Lipinski definition) is 6. The van der Waals surface area contributed by atoms with Crippen LogP contribution in [0.2, 0.25) is 10.0 Å². The second-order valence-electron chi connectivity index (χ2n) is 10.5. The number of nitrogens with one attached hydrogen (secondary N) is 3. The van der Waals surface area contributed by atoms with Gasteiger partial charge in [-0.15, -0.1) is 0 Å². The Balaban J connectivity index is 1.16. The third-order valence-corrected chi connectivity index (χ3v) is 7.77. The zero-order chi connectivity index (χ0) is 28.9. The number of fused-ring (bicyclic) bond motifs is 1. The lowest BCUT2D eigenvalue weighted by atomic mass is 9.91. The van der Waals surface area contributed by atoms with Crippen molar-refractivity contribution in [2.75, 3.05) is 29.6 Å². The van der Waals surface area contributed by atoms with Crippen LogP contribution in [0.5, 0.6) is 0 Å². The fraction of sp³-hybridized carbons (Fsp3) is 0.290. The molecule has 4 aromatic rings. The Morgan fingerprint density at radius 1 is 0.902 bits per heavy atom. The number of amides is 2. The summed E-state index contributed by atoms with van der Waals surface area (Å²) >= 11 is 12.2. The summed E-state index contributed by atoms with van der Waals surface area (Å²) in [5, 5.41) is 11.3. The van der Waals surface area contributed by atoms with Gasteiger partial charge < -0.3 is 20.9 Å². The SMILES string of the molecule is CN(C)c1nc(NC2CCC(NC(=O)Cc3ccccc3C(=O)Nc3ccc(Cl)cc3Cl)CC2)nc2ccccc12. The Bertz CT molecular complexity index is 1570. The van der Waals surface area contributed by atoms with Crippen molar-refractivity contribution in [2.24, 2.45) is 0 Å². The minimum absolute atomic E-state index is 0.0734. The topological polar surface area (TPSA) is 99.3 Å². The van der Waals surface area contributed by atoms with Crippen molar-refractivity contribution in [1.82, 2.24) is 15.3 Å². The minimum atomic E-state index is -0.336. The minimum Gasteiger partial charge on any atom is -0.362 e. The molecule has 3 aromatic carbocycles. The van der Waals surface area contributed by atoms with Gasteiger partial charge in [0.2, 0.25) is 11.9 Å². The highest BCUT2D eigenvalue weighted by molar-refractivity contribution is 6.36. The first-order chi connectivity index (χ1) is 19.8. The van der Waals surface area contributed by atoms with Gasteiger partial charge in [-0.2, -0.15) is 4.98 Å². The predicted molar refractivity (Wildman–Crippen MR) is 166 cm³/mol. The average molecular weight is 592 g/mol. The highest BCUT2D eigenvalue weighted by atomic mass is 35.5. The van der Waals surface area contributed by atoms with Gasteiger partial charge >= 0.3 is 0 Å². The van der Waals surface area contributed by atoms with Crippen molar-refractivity contribution in [3.05, 3.63) is 87.9 Å². The van der Waals surface area contributed by atoms with Crippen LogP contribution in [-0.2, 0) is 11.2 Å². The van der Waals surface area contributed by atoms with Crippen molar-refractivity contribution in [3.8, 4) is 0 Å². The predicted octanol–water partition coefficient (Wildman–Crippen LogP) is 6.34. The number of carbonyl (C=O) groups is 2. The lowest BCUT2D eigenvalue weighted by Crippen LogP contribution is -2.41. The summed E-state index contributed by atoms with van der Waals surface area (Å²) in [5.74, 6) is 1.05. The fourth-order valence-corrected chi connectivity index (χ4v) is 5.61. The molecule has 0 bridgehead atoms. The summed E-state index contributed by atoms with van der Waals surface area (Å²) in [6.45, 7) is 0. The van der Waals surface area contributed by atoms with Gasteiger partial charge in [-0.05, 0) is 67.6 Å². The van der Waals surface area contributed by atoms with Crippen molar-refractivity contribution in [2.45, 2.75) is 44.2 Å². The van der Waals surface area contributed by atoms with Gasteiger partial charge in [0.05, 0.1) is 22.6 Å². The summed E-state index contributed by atoms with van der Waals surface area (Å²) in [6, 6.07) is 20.3. The fourth-order valence-electron chi connectivity index (χ4n) is 5.16. The van der Waals surface area contributed by atoms with E-state index in [1.807, 2.05) is 49.3 Å². The molecule has 1 aliphatic rings. The van der Waals surface area contributed by atoms with E-state index in [-0.39, 0.29) is 30.3 Å². The zero-order valence-corrected chi connectivity index (χ0v) is 24.5. The maximum absolute atomic E-state index is 13.0. The molecule has 3 N–H and O–H groups in total. The number of hydrogen-bond donors (Lipinski definition) is 3. The van der Waals surface area contributed by atoms with Crippen molar-refractivity contribution < 1.29 is 9.59 Å². The van der Waals surface area contributed by atoms with E-state index in [0.29, 0.717) is 32.8 Å². The molecule has 1 aromatic heterocycles. The van der Waals surface area contributed by atoms with Crippen LogP contribution in [0.4, 0.5) is 17.5 Å². The van der Waals surface area contributed by atoms with E-state index in [1.165, 1.54) is 0 Å². The van der Waals surface area contributed by atoms with E-state index in [0.717, 1.165) is 42.4 Å². The smallest absolute Gasteiger partial charge is 0.255 e. The summed E-state index contributed by atoms with van der Waals surface area (Å²) < 4.78 is 0. The second kappa shape index (κ2) is 12.7. The summed E-state index contributed by atoms with van der Waals surface area (Å²) in [7, 11) is 3.96. The normalized spacial score (nSPS) is 16.7. The van der Waals surface area contributed by atoms with E-state index in [9.17, 15) is 9.59 Å². The Hall–Kier alpha value is -3.88. The van der Waals surface area contributed by atoms with Crippen LogP contribution in [0, 0.1) is 0 Å². The van der Waals surface area contributed by atoms with Crippen molar-refractivity contribution in [3.63, 3.8) is 0 Å². The van der Waals surface area contributed by atoms with Gasteiger partial charge in [-0.1, -0.05) is 53.5 Å². The van der Waals surface area contributed by atoms with Gasteiger partial charge in [-0.3, -0.25) is 9.59 Å². The van der Waals surface area contributed by atoms with E-state index in [4.69, 9.17) is 33.2 Å². The Kier molecular flexibility index (Phi) is 8.90. The van der Waals surface area contributed by atoms with E-state index in [1.54, 1.807) is 36.4 Å². The summed E-state index contributed by atoms with van der Waals surface area (Å²) in [5.41, 5.74) is 2.43. The third-order valence-electron chi connectivity index (χ3n) is 7.22. The first kappa shape index (κ1) is 28.6. The second-order valence-corrected chi connectivity index (χ2v) is 11.3. The molecule has 1 saturated carbocycles. The van der Waals surface area contributed by atoms with E-state index < -0.39 is 0 Å². The van der Waals surface area contributed by atoms with Gasteiger partial charge in [0, 0.05) is 42.2 Å². The van der Waals surface area contributed by atoms with Crippen LogP contribution in [-0.4, -0.2) is 48.0 Å². The number of benzene rings is 3. The van der Waals surface area contributed by atoms with Crippen LogP contribution < -0.4 is 20.9 Å². The number of para-hydroxylation sites is 1. The zero-order valence-electron chi connectivity index (χ0n) is 23.0. The molecular formula is C31H32Cl2N6O2. The van der Waals surface area contributed by atoms with Gasteiger partial charge in [-0.25, -0.2) is 4.98 Å². The van der Waals surface area contributed by atoms with Crippen molar-refractivity contribution >= 4 is 63.4 Å². The standard InChI is InChI=1S/C31H32Cl2N6O2/c1-39(2)29-24-9-5-6-10-26(24)37-31(38-29)35-22-14-12-21(13-15-22)34-28(40)17-19-7-3-4-8-23(19)30(41)36-27-16-11-20(32)18-25(27)33/h3-11,16,18,21-22H,12-15,17H2,1-2H3,(H,34,40)(H,36,41)(H,35,37,38).